The minimum Gasteiger partial charge on any atom is -0.381 e. The van der Waals surface area contributed by atoms with E-state index in [1.165, 1.54) is 24.3 Å². The molecular weight excluding hydrogens is 488 g/mol. The van der Waals surface area contributed by atoms with E-state index in [4.69, 9.17) is 5.41 Å². The molecule has 1 aliphatic rings. The number of benzene rings is 2. The van der Waals surface area contributed by atoms with Crippen LogP contribution < -0.4 is 4.90 Å². The number of nitrogens with zero attached hydrogens (tertiary/aromatic N) is 5. The smallest absolute Gasteiger partial charge is 0.225 e. The molecule has 1 fully saturated rings. The number of rotatable bonds is 6. The number of aromatic amines is 1. The predicted octanol–water partition coefficient (Wildman–Crippen LogP) is 4.18. The first-order valence-electron chi connectivity index (χ1n) is 12.2. The maximum absolute atomic E-state index is 13.3. The standard InChI is InChI=1S/C28H27F2N7O/c1-28(38,21-4-8-24(30)9-5-21)22-16-33-27(34-17-22)37-12-10-36(11-13-37)26(35-18-31)25-14-20(15-32-25)19-2-6-23(29)7-3-19/h2-9,14-18,31-32,38H,10-13H2,1H3/b31-18?,35-26+/t28-/m1/s1. The van der Waals surface area contributed by atoms with Crippen molar-refractivity contribution in [3.05, 3.63) is 102 Å². The van der Waals surface area contributed by atoms with Crippen LogP contribution in [0, 0.1) is 17.0 Å². The van der Waals surface area contributed by atoms with Gasteiger partial charge in [0.1, 0.15) is 23.6 Å². The molecule has 0 amide bonds. The zero-order valence-electron chi connectivity index (χ0n) is 20.8. The SMILES string of the molecule is C[C@@](O)(c1ccc(F)cc1)c1cnc(N2CCN(/C(=N/C=N)c3cc(-c4ccc(F)cc4)c[nH]3)CC2)nc1. The highest BCUT2D eigenvalue weighted by Gasteiger charge is 2.28. The second-order valence-electron chi connectivity index (χ2n) is 9.22. The number of hydrogen-bond donors (Lipinski definition) is 3. The van der Waals surface area contributed by atoms with Gasteiger partial charge < -0.3 is 19.9 Å². The topological polar surface area (TPSA) is 104 Å². The van der Waals surface area contributed by atoms with Crippen molar-refractivity contribution in [1.29, 1.82) is 5.41 Å². The zero-order chi connectivity index (χ0) is 26.7. The Morgan fingerprint density at radius 1 is 0.947 bits per heavy atom. The Kier molecular flexibility index (Phi) is 6.97. The van der Waals surface area contributed by atoms with Gasteiger partial charge in [-0.05, 0) is 53.9 Å². The third-order valence-electron chi connectivity index (χ3n) is 6.76. The minimum absolute atomic E-state index is 0.287. The van der Waals surface area contributed by atoms with Gasteiger partial charge in [-0.2, -0.15) is 0 Å². The summed E-state index contributed by atoms with van der Waals surface area (Å²) in [6, 6.07) is 13.9. The van der Waals surface area contributed by atoms with Crippen LogP contribution in [0.3, 0.4) is 0 Å². The van der Waals surface area contributed by atoms with Crippen LogP contribution in [0.4, 0.5) is 14.7 Å². The molecule has 0 aliphatic carbocycles. The Morgan fingerprint density at radius 3 is 2.16 bits per heavy atom. The van der Waals surface area contributed by atoms with Gasteiger partial charge in [-0.25, -0.2) is 23.7 Å². The first-order valence-corrected chi connectivity index (χ1v) is 12.2. The van der Waals surface area contributed by atoms with Crippen molar-refractivity contribution in [2.45, 2.75) is 12.5 Å². The maximum Gasteiger partial charge on any atom is 0.225 e. The molecule has 0 spiro atoms. The summed E-state index contributed by atoms with van der Waals surface area (Å²) in [6.07, 6.45) is 6.05. The molecule has 38 heavy (non-hydrogen) atoms. The molecule has 2 aromatic heterocycles. The van der Waals surface area contributed by atoms with Crippen LogP contribution in [-0.2, 0) is 5.60 Å². The molecule has 0 unspecified atom stereocenters. The molecule has 3 N–H and O–H groups in total. The molecule has 8 nitrogen and oxygen atoms in total. The molecule has 0 radical (unpaired) electrons. The average molecular weight is 516 g/mol. The van der Waals surface area contributed by atoms with Gasteiger partial charge in [0.05, 0.1) is 5.69 Å². The zero-order valence-corrected chi connectivity index (χ0v) is 20.8. The van der Waals surface area contributed by atoms with E-state index < -0.39 is 5.60 Å². The highest BCUT2D eigenvalue weighted by atomic mass is 19.1. The maximum atomic E-state index is 13.3. The summed E-state index contributed by atoms with van der Waals surface area (Å²) in [6.45, 7) is 4.17. The van der Waals surface area contributed by atoms with Gasteiger partial charge in [-0.3, -0.25) is 5.41 Å². The Labute approximate surface area is 218 Å². The van der Waals surface area contributed by atoms with Crippen molar-refractivity contribution in [2.24, 2.45) is 4.99 Å². The summed E-state index contributed by atoms with van der Waals surface area (Å²) in [5, 5.41) is 18.6. The summed E-state index contributed by atoms with van der Waals surface area (Å²) in [7, 11) is 0. The summed E-state index contributed by atoms with van der Waals surface area (Å²) in [5.74, 6) is 0.547. The minimum atomic E-state index is -1.36. The van der Waals surface area contributed by atoms with Crippen molar-refractivity contribution in [3.8, 4) is 11.1 Å². The molecule has 10 heteroatoms. The van der Waals surface area contributed by atoms with Crippen LogP contribution in [0.25, 0.3) is 11.1 Å². The average Bonchev–Trinajstić information content (AvgIpc) is 3.42. The van der Waals surface area contributed by atoms with Crippen LogP contribution in [0.5, 0.6) is 0 Å². The van der Waals surface area contributed by atoms with Gasteiger partial charge >= 0.3 is 0 Å². The second-order valence-corrected chi connectivity index (χ2v) is 9.22. The number of H-pyrrole nitrogens is 1. The summed E-state index contributed by atoms with van der Waals surface area (Å²) < 4.78 is 26.6. The number of aromatic nitrogens is 3. The number of hydrogen-bond acceptors (Lipinski definition) is 5. The molecule has 1 atom stereocenters. The second kappa shape index (κ2) is 10.5. The molecule has 0 saturated carbocycles. The van der Waals surface area contributed by atoms with Gasteiger partial charge in [-0.15, -0.1) is 0 Å². The number of piperazine rings is 1. The van der Waals surface area contributed by atoms with Crippen molar-refractivity contribution in [2.75, 3.05) is 31.1 Å². The quantitative estimate of drug-likeness (QED) is 0.264. The Bertz CT molecular complexity index is 1420. The van der Waals surface area contributed by atoms with E-state index in [9.17, 15) is 13.9 Å². The first kappa shape index (κ1) is 25.2. The van der Waals surface area contributed by atoms with Crippen molar-refractivity contribution < 1.29 is 13.9 Å². The largest absolute Gasteiger partial charge is 0.381 e. The summed E-state index contributed by atoms with van der Waals surface area (Å²) in [5.41, 5.74) is 2.26. The Morgan fingerprint density at radius 2 is 1.55 bits per heavy atom. The van der Waals surface area contributed by atoms with E-state index >= 15 is 0 Å². The van der Waals surface area contributed by atoms with Crippen LogP contribution in [-0.4, -0.2) is 63.3 Å². The molecule has 2 aromatic carbocycles. The lowest BCUT2D eigenvalue weighted by Crippen LogP contribution is -2.49. The number of anilines is 1. The normalized spacial score (nSPS) is 15.8. The fourth-order valence-electron chi connectivity index (χ4n) is 4.51. The number of halogens is 2. The molecule has 5 rings (SSSR count). The van der Waals surface area contributed by atoms with Crippen LogP contribution in [0.2, 0.25) is 0 Å². The Balaban J connectivity index is 1.26. The van der Waals surface area contributed by atoms with Crippen LogP contribution >= 0.6 is 0 Å². The third kappa shape index (κ3) is 5.16. The van der Waals surface area contributed by atoms with Crippen molar-refractivity contribution in [1.82, 2.24) is 19.9 Å². The number of aliphatic hydroxyl groups is 1. The lowest BCUT2D eigenvalue weighted by molar-refractivity contribution is 0.101. The molecule has 0 bridgehead atoms. The van der Waals surface area contributed by atoms with Gasteiger partial charge in [0, 0.05) is 50.3 Å². The highest BCUT2D eigenvalue weighted by Crippen LogP contribution is 2.29. The van der Waals surface area contributed by atoms with Gasteiger partial charge in [0.25, 0.3) is 0 Å². The molecule has 1 saturated heterocycles. The summed E-state index contributed by atoms with van der Waals surface area (Å²) >= 11 is 0. The summed E-state index contributed by atoms with van der Waals surface area (Å²) in [4.78, 5) is 20.6. The van der Waals surface area contributed by atoms with E-state index in [-0.39, 0.29) is 11.6 Å². The van der Waals surface area contributed by atoms with Gasteiger partial charge in [-0.1, -0.05) is 24.3 Å². The van der Waals surface area contributed by atoms with E-state index in [2.05, 4.69) is 24.8 Å². The molecule has 194 valence electrons. The Hall–Kier alpha value is -4.44. The fraction of sp³-hybridized carbons (Fsp3) is 0.214. The number of nitrogens with one attached hydrogen (secondary N) is 2. The lowest BCUT2D eigenvalue weighted by atomic mass is 9.90. The monoisotopic (exact) mass is 515 g/mol. The third-order valence-corrected chi connectivity index (χ3v) is 6.76. The van der Waals surface area contributed by atoms with E-state index in [0.717, 1.165) is 23.2 Å². The van der Waals surface area contributed by atoms with Crippen LogP contribution in [0.15, 0.2) is 78.2 Å². The first-order chi connectivity index (χ1) is 18.3. The fourth-order valence-corrected chi connectivity index (χ4v) is 4.51. The highest BCUT2D eigenvalue weighted by molar-refractivity contribution is 6.01. The van der Waals surface area contributed by atoms with Gasteiger partial charge in [0.2, 0.25) is 5.95 Å². The van der Waals surface area contributed by atoms with Crippen LogP contribution in [0.1, 0.15) is 23.7 Å². The van der Waals surface area contributed by atoms with Crippen molar-refractivity contribution in [3.63, 3.8) is 0 Å². The van der Waals surface area contributed by atoms with E-state index in [1.807, 2.05) is 17.2 Å². The molecule has 3 heterocycles. The van der Waals surface area contributed by atoms with E-state index in [0.29, 0.717) is 49.1 Å². The molecule has 1 aliphatic heterocycles. The lowest BCUT2D eigenvalue weighted by Gasteiger charge is -2.36. The predicted molar refractivity (Wildman–Crippen MR) is 142 cm³/mol. The number of aliphatic imine (C=N–C) groups is 1. The van der Waals surface area contributed by atoms with Gasteiger partial charge in [0.15, 0.2) is 5.84 Å². The molecular formula is C28H27F2N7O. The molecule has 4 aromatic rings. The van der Waals surface area contributed by atoms with E-state index in [1.54, 1.807) is 43.6 Å². The van der Waals surface area contributed by atoms with Crippen molar-refractivity contribution >= 4 is 18.1 Å². The number of amidine groups is 1.